The first-order valence-electron chi connectivity index (χ1n) is 7.82. The van der Waals surface area contributed by atoms with Crippen molar-refractivity contribution < 1.29 is 0 Å². The molecule has 1 fully saturated rings. The molecule has 1 aliphatic rings. The van der Waals surface area contributed by atoms with E-state index in [9.17, 15) is 0 Å². The van der Waals surface area contributed by atoms with Crippen LogP contribution in [0.25, 0.3) is 22.2 Å². The molecule has 22 heavy (non-hydrogen) atoms. The molecule has 3 heterocycles. The number of anilines is 1. The maximum absolute atomic E-state index is 4.75. The van der Waals surface area contributed by atoms with Crippen LogP contribution in [-0.4, -0.2) is 21.0 Å². The lowest BCUT2D eigenvalue weighted by Crippen LogP contribution is -2.15. The summed E-state index contributed by atoms with van der Waals surface area (Å²) in [7, 11) is 0. The molecule has 0 aliphatic heterocycles. The second kappa shape index (κ2) is 5.72. The molecular weight excluding hydrogens is 272 g/mol. The molecule has 3 aromatic rings. The van der Waals surface area contributed by atoms with E-state index < -0.39 is 0 Å². The van der Waals surface area contributed by atoms with Crippen LogP contribution in [0.3, 0.4) is 0 Å². The van der Waals surface area contributed by atoms with Crippen LogP contribution in [0.4, 0.5) is 5.69 Å². The Morgan fingerprint density at radius 3 is 2.55 bits per heavy atom. The van der Waals surface area contributed by atoms with E-state index in [0.717, 1.165) is 27.8 Å². The normalized spacial score (nSPS) is 15.3. The molecular formula is C18H18N4. The smallest absolute Gasteiger partial charge is 0.0913 e. The van der Waals surface area contributed by atoms with Gasteiger partial charge in [0, 0.05) is 41.3 Å². The van der Waals surface area contributed by atoms with Gasteiger partial charge in [0.2, 0.25) is 0 Å². The monoisotopic (exact) mass is 290 g/mol. The van der Waals surface area contributed by atoms with Gasteiger partial charge in [0.25, 0.3) is 0 Å². The SMILES string of the molecule is c1cc(-c2cc(NC3CCCC3)c3ccncc3n2)ccn1. The third-order valence-electron chi connectivity index (χ3n) is 4.30. The molecule has 3 aromatic heterocycles. The summed E-state index contributed by atoms with van der Waals surface area (Å²) in [5.74, 6) is 0. The molecule has 0 atom stereocenters. The number of aromatic nitrogens is 3. The van der Waals surface area contributed by atoms with Gasteiger partial charge in [0.15, 0.2) is 0 Å². The van der Waals surface area contributed by atoms with Crippen molar-refractivity contribution in [2.24, 2.45) is 0 Å². The van der Waals surface area contributed by atoms with E-state index in [2.05, 4.69) is 21.4 Å². The Kier molecular flexibility index (Phi) is 3.43. The summed E-state index contributed by atoms with van der Waals surface area (Å²) < 4.78 is 0. The van der Waals surface area contributed by atoms with Crippen molar-refractivity contribution >= 4 is 16.6 Å². The molecule has 0 saturated heterocycles. The molecule has 4 rings (SSSR count). The summed E-state index contributed by atoms with van der Waals surface area (Å²) in [4.78, 5) is 13.1. The van der Waals surface area contributed by atoms with E-state index in [1.165, 1.54) is 25.7 Å². The van der Waals surface area contributed by atoms with Crippen molar-refractivity contribution in [1.29, 1.82) is 0 Å². The van der Waals surface area contributed by atoms with Gasteiger partial charge in [-0.15, -0.1) is 0 Å². The van der Waals surface area contributed by atoms with Gasteiger partial charge in [-0.25, -0.2) is 4.98 Å². The molecule has 0 amide bonds. The molecule has 4 nitrogen and oxygen atoms in total. The van der Waals surface area contributed by atoms with E-state index in [1.54, 1.807) is 12.4 Å². The van der Waals surface area contributed by atoms with Crippen LogP contribution in [0, 0.1) is 0 Å². The Morgan fingerprint density at radius 1 is 0.955 bits per heavy atom. The van der Waals surface area contributed by atoms with Crippen LogP contribution >= 0.6 is 0 Å². The summed E-state index contributed by atoms with van der Waals surface area (Å²) >= 11 is 0. The summed E-state index contributed by atoms with van der Waals surface area (Å²) in [5, 5.41) is 4.85. The number of nitrogens with zero attached hydrogens (tertiary/aromatic N) is 3. The highest BCUT2D eigenvalue weighted by Crippen LogP contribution is 2.30. The van der Waals surface area contributed by atoms with Crippen LogP contribution in [0.2, 0.25) is 0 Å². The number of hydrogen-bond acceptors (Lipinski definition) is 4. The molecule has 0 spiro atoms. The zero-order valence-electron chi connectivity index (χ0n) is 12.4. The van der Waals surface area contributed by atoms with E-state index in [4.69, 9.17) is 4.98 Å². The average molecular weight is 290 g/mol. The summed E-state index contributed by atoms with van der Waals surface area (Å²) in [6.45, 7) is 0. The number of nitrogens with one attached hydrogen (secondary N) is 1. The van der Waals surface area contributed by atoms with E-state index in [0.29, 0.717) is 6.04 Å². The maximum atomic E-state index is 4.75. The van der Waals surface area contributed by atoms with E-state index in [-0.39, 0.29) is 0 Å². The fraction of sp³-hybridized carbons (Fsp3) is 0.278. The average Bonchev–Trinajstić information content (AvgIpc) is 3.09. The fourth-order valence-corrected chi connectivity index (χ4v) is 3.16. The van der Waals surface area contributed by atoms with Crippen LogP contribution in [0.1, 0.15) is 25.7 Å². The quantitative estimate of drug-likeness (QED) is 0.790. The van der Waals surface area contributed by atoms with Gasteiger partial charge in [-0.1, -0.05) is 12.8 Å². The molecule has 0 radical (unpaired) electrons. The van der Waals surface area contributed by atoms with E-state index >= 15 is 0 Å². The standard InChI is InChI=1S/C18H18N4/c1-2-4-14(3-1)21-17-11-16(13-5-8-19-9-6-13)22-18-12-20-10-7-15(17)18/h5-12,14H,1-4H2,(H,21,22). The number of hydrogen-bond donors (Lipinski definition) is 1. The molecule has 0 unspecified atom stereocenters. The minimum absolute atomic E-state index is 0.573. The highest BCUT2D eigenvalue weighted by molar-refractivity contribution is 5.93. The summed E-state index contributed by atoms with van der Waals surface area (Å²) in [6.07, 6.45) is 12.4. The van der Waals surface area contributed by atoms with Crippen molar-refractivity contribution in [3.63, 3.8) is 0 Å². The number of pyridine rings is 3. The third-order valence-corrected chi connectivity index (χ3v) is 4.30. The number of rotatable bonds is 3. The maximum Gasteiger partial charge on any atom is 0.0913 e. The van der Waals surface area contributed by atoms with Crippen molar-refractivity contribution in [2.45, 2.75) is 31.7 Å². The van der Waals surface area contributed by atoms with Gasteiger partial charge >= 0.3 is 0 Å². The lowest BCUT2D eigenvalue weighted by atomic mass is 10.1. The van der Waals surface area contributed by atoms with Crippen molar-refractivity contribution in [3.8, 4) is 11.3 Å². The molecule has 110 valence electrons. The first-order valence-corrected chi connectivity index (χ1v) is 7.82. The molecule has 0 aromatic carbocycles. The minimum Gasteiger partial charge on any atom is -0.382 e. The topological polar surface area (TPSA) is 50.7 Å². The Balaban J connectivity index is 1.82. The summed E-state index contributed by atoms with van der Waals surface area (Å²) in [5.41, 5.74) is 4.13. The minimum atomic E-state index is 0.573. The second-order valence-corrected chi connectivity index (χ2v) is 5.81. The Bertz CT molecular complexity index is 779. The van der Waals surface area contributed by atoms with Crippen molar-refractivity contribution in [1.82, 2.24) is 15.0 Å². The molecule has 4 heteroatoms. The van der Waals surface area contributed by atoms with Gasteiger partial charge in [0.05, 0.1) is 17.4 Å². The first kappa shape index (κ1) is 13.2. The van der Waals surface area contributed by atoms with Gasteiger partial charge in [-0.2, -0.15) is 0 Å². The van der Waals surface area contributed by atoms with Gasteiger partial charge in [-0.3, -0.25) is 9.97 Å². The van der Waals surface area contributed by atoms with Gasteiger partial charge in [0.1, 0.15) is 0 Å². The predicted octanol–water partition coefficient (Wildman–Crippen LogP) is 4.05. The van der Waals surface area contributed by atoms with Crippen LogP contribution in [-0.2, 0) is 0 Å². The second-order valence-electron chi connectivity index (χ2n) is 5.81. The van der Waals surface area contributed by atoms with Crippen LogP contribution < -0.4 is 5.32 Å². The Hall–Kier alpha value is -2.49. The van der Waals surface area contributed by atoms with Crippen LogP contribution in [0.5, 0.6) is 0 Å². The highest BCUT2D eigenvalue weighted by atomic mass is 14.9. The molecule has 0 bridgehead atoms. The zero-order chi connectivity index (χ0) is 14.8. The van der Waals surface area contributed by atoms with E-state index in [1.807, 2.05) is 30.6 Å². The van der Waals surface area contributed by atoms with Crippen molar-refractivity contribution in [3.05, 3.63) is 49.1 Å². The lowest BCUT2D eigenvalue weighted by molar-refractivity contribution is 0.756. The molecule has 1 saturated carbocycles. The Morgan fingerprint density at radius 2 is 1.73 bits per heavy atom. The predicted molar refractivity (Wildman–Crippen MR) is 88.6 cm³/mol. The van der Waals surface area contributed by atoms with Gasteiger partial charge < -0.3 is 5.32 Å². The molecule has 1 N–H and O–H groups in total. The van der Waals surface area contributed by atoms with Crippen LogP contribution in [0.15, 0.2) is 49.1 Å². The lowest BCUT2D eigenvalue weighted by Gasteiger charge is -2.16. The fourth-order valence-electron chi connectivity index (χ4n) is 3.16. The van der Waals surface area contributed by atoms with Gasteiger partial charge in [-0.05, 0) is 37.1 Å². The van der Waals surface area contributed by atoms with Crippen molar-refractivity contribution in [2.75, 3.05) is 5.32 Å². The summed E-state index contributed by atoms with van der Waals surface area (Å²) in [6, 6.07) is 8.74. The number of fused-ring (bicyclic) bond motifs is 1. The third kappa shape index (κ3) is 2.52. The largest absolute Gasteiger partial charge is 0.382 e. The molecule has 1 aliphatic carbocycles. The highest BCUT2D eigenvalue weighted by Gasteiger charge is 2.16. The zero-order valence-corrected chi connectivity index (χ0v) is 12.4. The first-order chi connectivity index (χ1) is 10.9. The Labute approximate surface area is 129 Å².